The van der Waals surface area contributed by atoms with Crippen molar-refractivity contribution < 1.29 is 4.92 Å². The molecule has 0 aliphatic rings. The first-order valence-corrected chi connectivity index (χ1v) is 5.49. The normalized spacial score (nSPS) is 10.1. The van der Waals surface area contributed by atoms with Crippen LogP contribution in [0.2, 0.25) is 5.15 Å². The Kier molecular flexibility index (Phi) is 3.02. The maximum atomic E-state index is 10.6. The van der Waals surface area contributed by atoms with Gasteiger partial charge >= 0.3 is 5.00 Å². The lowest BCUT2D eigenvalue weighted by atomic mass is 10.3. The Morgan fingerprint density at radius 2 is 2.06 bits per heavy atom. The second-order valence-corrected chi connectivity index (χ2v) is 4.20. The largest absolute Gasteiger partial charge is 0.364 e. The van der Waals surface area contributed by atoms with Crippen LogP contribution in [0, 0.1) is 10.1 Å². The SMILES string of the molecule is O=[N+]([O-])c1sc(Nc2ccccc2)nc1Cl. The smallest absolute Gasteiger partial charge is 0.331 e. The van der Waals surface area contributed by atoms with Gasteiger partial charge in [0.05, 0.1) is 4.92 Å². The van der Waals surface area contributed by atoms with Crippen molar-refractivity contribution in [3.63, 3.8) is 0 Å². The second kappa shape index (κ2) is 4.46. The van der Waals surface area contributed by atoms with Crippen molar-refractivity contribution in [2.24, 2.45) is 0 Å². The molecule has 7 heteroatoms. The van der Waals surface area contributed by atoms with Crippen LogP contribution in [0.5, 0.6) is 0 Å². The molecular weight excluding hydrogens is 250 g/mol. The number of nitrogens with one attached hydrogen (secondary N) is 1. The highest BCUT2D eigenvalue weighted by molar-refractivity contribution is 7.19. The van der Waals surface area contributed by atoms with Gasteiger partial charge in [-0.15, -0.1) is 0 Å². The maximum Gasteiger partial charge on any atom is 0.364 e. The molecule has 0 saturated carbocycles. The average Bonchev–Trinajstić information content (AvgIpc) is 2.61. The summed E-state index contributed by atoms with van der Waals surface area (Å²) in [6.45, 7) is 0. The van der Waals surface area contributed by atoms with Crippen LogP contribution >= 0.6 is 22.9 Å². The number of para-hydroxylation sites is 1. The van der Waals surface area contributed by atoms with Gasteiger partial charge in [0.15, 0.2) is 5.13 Å². The quantitative estimate of drug-likeness (QED) is 0.674. The van der Waals surface area contributed by atoms with Crippen LogP contribution in [0.4, 0.5) is 15.8 Å². The van der Waals surface area contributed by atoms with Crippen LogP contribution in [0.25, 0.3) is 0 Å². The van der Waals surface area contributed by atoms with E-state index in [-0.39, 0.29) is 10.2 Å². The van der Waals surface area contributed by atoms with E-state index in [9.17, 15) is 10.1 Å². The molecule has 0 unspecified atom stereocenters. The summed E-state index contributed by atoms with van der Waals surface area (Å²) >= 11 is 6.53. The predicted octanol–water partition coefficient (Wildman–Crippen LogP) is 3.45. The Labute approximate surface area is 99.9 Å². The Morgan fingerprint density at radius 1 is 1.38 bits per heavy atom. The number of hydrogen-bond donors (Lipinski definition) is 1. The van der Waals surface area contributed by atoms with Crippen molar-refractivity contribution in [2.75, 3.05) is 5.32 Å². The number of halogens is 1. The molecule has 1 heterocycles. The summed E-state index contributed by atoms with van der Waals surface area (Å²) in [7, 11) is 0. The maximum absolute atomic E-state index is 10.6. The Hall–Kier alpha value is -1.66. The third-order valence-electron chi connectivity index (χ3n) is 1.76. The van der Waals surface area contributed by atoms with Crippen molar-refractivity contribution in [1.29, 1.82) is 0 Å². The molecular formula is C9H6ClN3O2S. The van der Waals surface area contributed by atoms with Gasteiger partial charge in [-0.1, -0.05) is 29.8 Å². The lowest BCUT2D eigenvalue weighted by molar-refractivity contribution is -0.380. The molecule has 16 heavy (non-hydrogen) atoms. The Morgan fingerprint density at radius 3 is 2.62 bits per heavy atom. The zero-order valence-corrected chi connectivity index (χ0v) is 9.46. The van der Waals surface area contributed by atoms with E-state index in [4.69, 9.17) is 11.6 Å². The standard InChI is InChI=1S/C9H6ClN3O2S/c10-7-8(13(14)15)16-9(12-7)11-6-4-2-1-3-5-6/h1-5H,(H,11,12). The molecule has 1 aromatic carbocycles. The number of benzene rings is 1. The number of aromatic nitrogens is 1. The number of thiazole rings is 1. The molecule has 0 spiro atoms. The summed E-state index contributed by atoms with van der Waals surface area (Å²) in [4.78, 5) is 13.9. The molecule has 0 fully saturated rings. The Balaban J connectivity index is 2.23. The molecule has 5 nitrogen and oxygen atoms in total. The molecule has 2 rings (SSSR count). The van der Waals surface area contributed by atoms with E-state index in [1.165, 1.54) is 0 Å². The molecule has 1 N–H and O–H groups in total. The van der Waals surface area contributed by atoms with E-state index in [1.54, 1.807) is 0 Å². The van der Waals surface area contributed by atoms with Crippen LogP contribution in [-0.2, 0) is 0 Å². The first kappa shape index (κ1) is 10.8. The zero-order chi connectivity index (χ0) is 11.5. The second-order valence-electron chi connectivity index (χ2n) is 2.86. The van der Waals surface area contributed by atoms with Gasteiger partial charge in [-0.3, -0.25) is 10.1 Å². The van der Waals surface area contributed by atoms with Crippen molar-refractivity contribution in [1.82, 2.24) is 4.98 Å². The van der Waals surface area contributed by atoms with Gasteiger partial charge in [0.2, 0.25) is 5.15 Å². The summed E-state index contributed by atoms with van der Waals surface area (Å²) in [5.41, 5.74) is 0.808. The third-order valence-corrected chi connectivity index (χ3v) is 3.06. The fourth-order valence-electron chi connectivity index (χ4n) is 1.10. The summed E-state index contributed by atoms with van der Waals surface area (Å²) in [6, 6.07) is 9.25. The van der Waals surface area contributed by atoms with Crippen molar-refractivity contribution >= 4 is 38.8 Å². The van der Waals surface area contributed by atoms with Crippen LogP contribution in [0.3, 0.4) is 0 Å². The molecule has 0 bridgehead atoms. The van der Waals surface area contributed by atoms with E-state index in [0.717, 1.165) is 17.0 Å². The molecule has 0 atom stereocenters. The molecule has 0 amide bonds. The van der Waals surface area contributed by atoms with Gasteiger partial charge in [0.1, 0.15) is 0 Å². The van der Waals surface area contributed by atoms with Crippen LogP contribution in [0.1, 0.15) is 0 Å². The summed E-state index contributed by atoms with van der Waals surface area (Å²) in [5, 5.41) is 13.7. The van der Waals surface area contributed by atoms with Crippen LogP contribution in [-0.4, -0.2) is 9.91 Å². The molecule has 82 valence electrons. The van der Waals surface area contributed by atoms with E-state index < -0.39 is 4.92 Å². The van der Waals surface area contributed by atoms with E-state index in [2.05, 4.69) is 10.3 Å². The highest BCUT2D eigenvalue weighted by Gasteiger charge is 2.19. The number of hydrogen-bond acceptors (Lipinski definition) is 5. The fraction of sp³-hybridized carbons (Fsp3) is 0. The van der Waals surface area contributed by atoms with E-state index in [0.29, 0.717) is 5.13 Å². The molecule has 2 aromatic rings. The van der Waals surface area contributed by atoms with Gasteiger partial charge in [-0.25, -0.2) is 4.98 Å². The number of nitrogens with zero attached hydrogens (tertiary/aromatic N) is 2. The first-order valence-electron chi connectivity index (χ1n) is 4.29. The fourth-order valence-corrected chi connectivity index (χ4v) is 2.12. The highest BCUT2D eigenvalue weighted by atomic mass is 35.5. The minimum Gasteiger partial charge on any atom is -0.331 e. The molecule has 0 aliphatic heterocycles. The number of nitro groups is 1. The van der Waals surface area contributed by atoms with Crippen molar-refractivity contribution in [2.45, 2.75) is 0 Å². The van der Waals surface area contributed by atoms with Gasteiger partial charge < -0.3 is 5.32 Å². The van der Waals surface area contributed by atoms with E-state index in [1.807, 2.05) is 30.3 Å². The summed E-state index contributed by atoms with van der Waals surface area (Å²) < 4.78 is 0. The van der Waals surface area contributed by atoms with Crippen molar-refractivity contribution in [3.8, 4) is 0 Å². The van der Waals surface area contributed by atoms with Crippen LogP contribution < -0.4 is 5.32 Å². The lowest BCUT2D eigenvalue weighted by Crippen LogP contribution is -1.87. The average molecular weight is 256 g/mol. The third kappa shape index (κ3) is 2.29. The molecule has 0 radical (unpaired) electrons. The van der Waals surface area contributed by atoms with Crippen molar-refractivity contribution in [3.05, 3.63) is 45.6 Å². The van der Waals surface area contributed by atoms with Gasteiger partial charge in [-0.05, 0) is 23.5 Å². The highest BCUT2D eigenvalue weighted by Crippen LogP contribution is 2.35. The van der Waals surface area contributed by atoms with Gasteiger partial charge in [-0.2, -0.15) is 0 Å². The summed E-state index contributed by atoms with van der Waals surface area (Å²) in [6.07, 6.45) is 0. The summed E-state index contributed by atoms with van der Waals surface area (Å²) in [5.74, 6) is 0. The molecule has 0 aliphatic carbocycles. The topological polar surface area (TPSA) is 68.1 Å². The molecule has 1 aromatic heterocycles. The van der Waals surface area contributed by atoms with Gasteiger partial charge in [0.25, 0.3) is 0 Å². The van der Waals surface area contributed by atoms with Gasteiger partial charge in [0, 0.05) is 5.69 Å². The number of rotatable bonds is 3. The minimum absolute atomic E-state index is 0.0894. The Bertz CT molecular complexity index is 515. The number of anilines is 2. The monoisotopic (exact) mass is 255 g/mol. The van der Waals surface area contributed by atoms with Crippen LogP contribution in [0.15, 0.2) is 30.3 Å². The molecule has 0 saturated heterocycles. The minimum atomic E-state index is -0.545. The zero-order valence-electron chi connectivity index (χ0n) is 7.88. The predicted molar refractivity (Wildman–Crippen MR) is 63.5 cm³/mol. The van der Waals surface area contributed by atoms with E-state index >= 15 is 0 Å². The lowest BCUT2D eigenvalue weighted by Gasteiger charge is -1.99. The first-order chi connectivity index (χ1) is 7.66.